The summed E-state index contributed by atoms with van der Waals surface area (Å²) < 4.78 is 0. The molecule has 0 bridgehead atoms. The van der Waals surface area contributed by atoms with E-state index in [9.17, 15) is 0 Å². The molecule has 0 saturated carbocycles. The standard InChI is InChI=1S/C11H27N3/c1-8(2)11(6,12)13-7-10(5)14-9(3)4/h8-10,13-14H,7,12H2,1-6H3. The molecule has 0 spiro atoms. The molecule has 0 aliphatic carbocycles. The van der Waals surface area contributed by atoms with E-state index < -0.39 is 0 Å². The van der Waals surface area contributed by atoms with Crippen LogP contribution in [0.1, 0.15) is 41.5 Å². The molecule has 0 rings (SSSR count). The van der Waals surface area contributed by atoms with Crippen molar-refractivity contribution in [1.82, 2.24) is 10.6 Å². The molecule has 0 fully saturated rings. The van der Waals surface area contributed by atoms with Crippen LogP contribution >= 0.6 is 0 Å². The van der Waals surface area contributed by atoms with Gasteiger partial charge in [-0.2, -0.15) is 0 Å². The molecule has 0 amide bonds. The fourth-order valence-electron chi connectivity index (χ4n) is 1.21. The van der Waals surface area contributed by atoms with Gasteiger partial charge in [-0.1, -0.05) is 27.7 Å². The Balaban J connectivity index is 3.81. The molecule has 0 aliphatic rings. The van der Waals surface area contributed by atoms with E-state index in [0.717, 1.165) is 6.54 Å². The second-order valence-electron chi connectivity index (χ2n) is 5.04. The minimum absolute atomic E-state index is 0.271. The van der Waals surface area contributed by atoms with E-state index in [1.54, 1.807) is 0 Å². The first-order chi connectivity index (χ1) is 6.25. The zero-order valence-electron chi connectivity index (χ0n) is 10.5. The molecular formula is C11H27N3. The molecule has 0 aromatic rings. The minimum Gasteiger partial charge on any atom is -0.313 e. The number of hydrogen-bond donors (Lipinski definition) is 3. The topological polar surface area (TPSA) is 50.1 Å². The Labute approximate surface area is 88.8 Å². The third kappa shape index (κ3) is 5.58. The highest BCUT2D eigenvalue weighted by molar-refractivity contribution is 4.81. The average Bonchev–Trinajstić information content (AvgIpc) is 1.99. The SMILES string of the molecule is CC(C)NC(C)CNC(C)(N)C(C)C. The van der Waals surface area contributed by atoms with Crippen LogP contribution in [0.15, 0.2) is 0 Å². The van der Waals surface area contributed by atoms with Gasteiger partial charge in [0.05, 0.1) is 5.66 Å². The molecule has 2 unspecified atom stereocenters. The monoisotopic (exact) mass is 201 g/mol. The zero-order chi connectivity index (χ0) is 11.4. The van der Waals surface area contributed by atoms with Gasteiger partial charge in [0.15, 0.2) is 0 Å². The molecule has 0 aliphatic heterocycles. The maximum Gasteiger partial charge on any atom is 0.0657 e. The van der Waals surface area contributed by atoms with Crippen LogP contribution in [0.25, 0.3) is 0 Å². The minimum atomic E-state index is -0.271. The van der Waals surface area contributed by atoms with E-state index in [4.69, 9.17) is 5.73 Å². The lowest BCUT2D eigenvalue weighted by Crippen LogP contribution is -2.58. The van der Waals surface area contributed by atoms with Gasteiger partial charge < -0.3 is 11.1 Å². The summed E-state index contributed by atoms with van der Waals surface area (Å²) in [6, 6.07) is 0.978. The van der Waals surface area contributed by atoms with Gasteiger partial charge in [0.25, 0.3) is 0 Å². The molecule has 0 heterocycles. The predicted octanol–water partition coefficient (Wildman–Crippen LogP) is 1.29. The van der Waals surface area contributed by atoms with Gasteiger partial charge in [-0.3, -0.25) is 5.32 Å². The maximum absolute atomic E-state index is 6.10. The summed E-state index contributed by atoms with van der Waals surface area (Å²) in [5.41, 5.74) is 5.83. The molecule has 0 aromatic heterocycles. The van der Waals surface area contributed by atoms with Crippen molar-refractivity contribution in [2.24, 2.45) is 11.7 Å². The zero-order valence-corrected chi connectivity index (χ0v) is 10.5. The Morgan fingerprint density at radius 3 is 2.00 bits per heavy atom. The summed E-state index contributed by atoms with van der Waals surface area (Å²) in [5.74, 6) is 0.439. The Morgan fingerprint density at radius 2 is 1.64 bits per heavy atom. The van der Waals surface area contributed by atoms with Gasteiger partial charge >= 0.3 is 0 Å². The number of rotatable bonds is 6. The second kappa shape index (κ2) is 5.69. The van der Waals surface area contributed by atoms with E-state index in [-0.39, 0.29) is 5.66 Å². The Morgan fingerprint density at radius 1 is 1.14 bits per heavy atom. The van der Waals surface area contributed by atoms with Crippen LogP contribution in [-0.2, 0) is 0 Å². The fourth-order valence-corrected chi connectivity index (χ4v) is 1.21. The van der Waals surface area contributed by atoms with Crippen molar-refractivity contribution in [2.75, 3.05) is 6.54 Å². The quantitative estimate of drug-likeness (QED) is 0.568. The van der Waals surface area contributed by atoms with Gasteiger partial charge in [0.1, 0.15) is 0 Å². The van der Waals surface area contributed by atoms with Crippen LogP contribution in [0.2, 0.25) is 0 Å². The molecule has 0 aromatic carbocycles. The van der Waals surface area contributed by atoms with Crippen molar-refractivity contribution in [1.29, 1.82) is 0 Å². The number of nitrogens with two attached hydrogens (primary N) is 1. The van der Waals surface area contributed by atoms with Gasteiger partial charge in [-0.05, 0) is 19.8 Å². The van der Waals surface area contributed by atoms with Crippen molar-refractivity contribution in [3.63, 3.8) is 0 Å². The summed E-state index contributed by atoms with van der Waals surface area (Å²) >= 11 is 0. The first-order valence-corrected chi connectivity index (χ1v) is 5.55. The van der Waals surface area contributed by atoms with Crippen LogP contribution in [0, 0.1) is 5.92 Å². The highest BCUT2D eigenvalue weighted by atomic mass is 15.1. The average molecular weight is 201 g/mol. The lowest BCUT2D eigenvalue weighted by Gasteiger charge is -2.32. The van der Waals surface area contributed by atoms with Crippen LogP contribution < -0.4 is 16.4 Å². The van der Waals surface area contributed by atoms with E-state index >= 15 is 0 Å². The van der Waals surface area contributed by atoms with E-state index in [1.165, 1.54) is 0 Å². The molecule has 3 nitrogen and oxygen atoms in total. The van der Waals surface area contributed by atoms with Crippen LogP contribution in [-0.4, -0.2) is 24.3 Å². The molecular weight excluding hydrogens is 174 g/mol. The van der Waals surface area contributed by atoms with Gasteiger partial charge in [-0.25, -0.2) is 0 Å². The lowest BCUT2D eigenvalue weighted by atomic mass is 9.99. The van der Waals surface area contributed by atoms with E-state index in [0.29, 0.717) is 18.0 Å². The van der Waals surface area contributed by atoms with Crippen molar-refractivity contribution >= 4 is 0 Å². The van der Waals surface area contributed by atoms with Crippen LogP contribution in [0.5, 0.6) is 0 Å². The Hall–Kier alpha value is -0.120. The molecule has 86 valence electrons. The van der Waals surface area contributed by atoms with Crippen molar-refractivity contribution in [2.45, 2.75) is 59.3 Å². The van der Waals surface area contributed by atoms with E-state index in [2.05, 4.69) is 45.3 Å². The van der Waals surface area contributed by atoms with Gasteiger partial charge in [0, 0.05) is 18.6 Å². The molecule has 4 N–H and O–H groups in total. The van der Waals surface area contributed by atoms with Crippen LogP contribution in [0.4, 0.5) is 0 Å². The fraction of sp³-hybridized carbons (Fsp3) is 1.00. The third-order valence-corrected chi connectivity index (χ3v) is 2.61. The largest absolute Gasteiger partial charge is 0.313 e. The number of nitrogens with one attached hydrogen (secondary N) is 2. The Bertz CT molecular complexity index is 153. The van der Waals surface area contributed by atoms with Crippen molar-refractivity contribution in [3.05, 3.63) is 0 Å². The lowest BCUT2D eigenvalue weighted by molar-refractivity contribution is 0.258. The summed E-state index contributed by atoms with van der Waals surface area (Å²) in [6.45, 7) is 13.7. The second-order valence-corrected chi connectivity index (χ2v) is 5.04. The van der Waals surface area contributed by atoms with Crippen LogP contribution in [0.3, 0.4) is 0 Å². The maximum atomic E-state index is 6.10. The first kappa shape index (κ1) is 13.9. The summed E-state index contributed by atoms with van der Waals surface area (Å²) in [4.78, 5) is 0. The summed E-state index contributed by atoms with van der Waals surface area (Å²) in [6.07, 6.45) is 0. The van der Waals surface area contributed by atoms with Gasteiger partial charge in [0.2, 0.25) is 0 Å². The Kier molecular flexibility index (Phi) is 5.64. The molecule has 3 heteroatoms. The van der Waals surface area contributed by atoms with Crippen molar-refractivity contribution in [3.8, 4) is 0 Å². The molecule has 2 atom stereocenters. The molecule has 14 heavy (non-hydrogen) atoms. The normalized spacial score (nSPS) is 18.6. The third-order valence-electron chi connectivity index (χ3n) is 2.61. The summed E-state index contributed by atoms with van der Waals surface area (Å²) in [5, 5.41) is 6.81. The highest BCUT2D eigenvalue weighted by Crippen LogP contribution is 2.08. The molecule has 0 radical (unpaired) electrons. The predicted molar refractivity (Wildman–Crippen MR) is 63.2 cm³/mol. The van der Waals surface area contributed by atoms with Gasteiger partial charge in [-0.15, -0.1) is 0 Å². The molecule has 0 saturated heterocycles. The van der Waals surface area contributed by atoms with E-state index in [1.807, 2.05) is 6.92 Å². The highest BCUT2D eigenvalue weighted by Gasteiger charge is 2.22. The first-order valence-electron chi connectivity index (χ1n) is 5.55. The smallest absolute Gasteiger partial charge is 0.0657 e. The number of hydrogen-bond acceptors (Lipinski definition) is 3. The summed E-state index contributed by atoms with van der Waals surface area (Å²) in [7, 11) is 0. The van der Waals surface area contributed by atoms with Crippen molar-refractivity contribution < 1.29 is 0 Å².